The Bertz CT molecular complexity index is 590. The van der Waals surface area contributed by atoms with Gasteiger partial charge in [0.05, 0.1) is 12.7 Å². The monoisotopic (exact) mass is 259 g/mol. The van der Waals surface area contributed by atoms with Crippen LogP contribution in [0, 0.1) is 13.8 Å². The molecule has 5 heteroatoms. The summed E-state index contributed by atoms with van der Waals surface area (Å²) in [6, 6.07) is 4.93. The summed E-state index contributed by atoms with van der Waals surface area (Å²) in [5, 5.41) is 16.5. The van der Waals surface area contributed by atoms with Gasteiger partial charge in [-0.05, 0) is 31.5 Å². The number of rotatable bonds is 4. The Labute approximate surface area is 111 Å². The second-order valence-electron chi connectivity index (χ2n) is 4.49. The molecule has 2 N–H and O–H groups in total. The second-order valence-corrected chi connectivity index (χ2v) is 4.49. The fourth-order valence-electron chi connectivity index (χ4n) is 1.84. The lowest BCUT2D eigenvalue weighted by molar-refractivity contribution is 0.0951. The number of aryl methyl sites for hydroxylation is 1. The lowest BCUT2D eigenvalue weighted by atomic mass is 10.1. The molecule has 100 valence electrons. The van der Waals surface area contributed by atoms with Gasteiger partial charge in [-0.3, -0.25) is 9.48 Å². The SMILES string of the molecule is Cc1cnn(CCNC(=O)c2cccc(O)c2C)c1. The van der Waals surface area contributed by atoms with Crippen molar-refractivity contribution in [3.05, 3.63) is 47.3 Å². The number of aromatic nitrogens is 2. The van der Waals surface area contributed by atoms with Crippen LogP contribution < -0.4 is 5.32 Å². The number of phenolic OH excluding ortho intramolecular Hbond substituents is 1. The normalized spacial score (nSPS) is 10.4. The quantitative estimate of drug-likeness (QED) is 0.877. The van der Waals surface area contributed by atoms with E-state index < -0.39 is 0 Å². The van der Waals surface area contributed by atoms with Crippen LogP contribution in [0.1, 0.15) is 21.5 Å². The number of benzene rings is 1. The van der Waals surface area contributed by atoms with Gasteiger partial charge in [-0.2, -0.15) is 5.10 Å². The van der Waals surface area contributed by atoms with Crippen molar-refractivity contribution in [2.75, 3.05) is 6.54 Å². The fraction of sp³-hybridized carbons (Fsp3) is 0.286. The van der Waals surface area contributed by atoms with Crippen LogP contribution in [0.2, 0.25) is 0 Å². The summed E-state index contributed by atoms with van der Waals surface area (Å²) in [6.45, 7) is 4.81. The first-order chi connectivity index (χ1) is 9.08. The van der Waals surface area contributed by atoms with Crippen LogP contribution in [0.5, 0.6) is 5.75 Å². The molecule has 1 amide bonds. The van der Waals surface area contributed by atoms with Crippen molar-refractivity contribution in [2.45, 2.75) is 20.4 Å². The zero-order valence-electron chi connectivity index (χ0n) is 11.1. The summed E-state index contributed by atoms with van der Waals surface area (Å²) in [7, 11) is 0. The Balaban J connectivity index is 1.93. The van der Waals surface area contributed by atoms with Gasteiger partial charge in [0, 0.05) is 23.9 Å². The number of hydrogen-bond donors (Lipinski definition) is 2. The molecule has 0 saturated carbocycles. The van der Waals surface area contributed by atoms with Crippen molar-refractivity contribution in [3.8, 4) is 5.75 Å². The van der Waals surface area contributed by atoms with Crippen molar-refractivity contribution < 1.29 is 9.90 Å². The predicted molar refractivity (Wildman–Crippen MR) is 72.1 cm³/mol. The minimum Gasteiger partial charge on any atom is -0.508 e. The van der Waals surface area contributed by atoms with Gasteiger partial charge in [0.1, 0.15) is 5.75 Å². The van der Waals surface area contributed by atoms with Crippen molar-refractivity contribution in [2.24, 2.45) is 0 Å². The van der Waals surface area contributed by atoms with Crippen molar-refractivity contribution in [3.63, 3.8) is 0 Å². The van der Waals surface area contributed by atoms with Gasteiger partial charge in [-0.25, -0.2) is 0 Å². The smallest absolute Gasteiger partial charge is 0.251 e. The zero-order chi connectivity index (χ0) is 13.8. The third kappa shape index (κ3) is 3.13. The highest BCUT2D eigenvalue weighted by molar-refractivity contribution is 5.96. The third-order valence-corrected chi connectivity index (χ3v) is 2.94. The maximum atomic E-state index is 12.0. The molecular weight excluding hydrogens is 242 g/mol. The fourth-order valence-corrected chi connectivity index (χ4v) is 1.84. The van der Waals surface area contributed by atoms with Crippen LogP contribution in [0.4, 0.5) is 0 Å². The van der Waals surface area contributed by atoms with Gasteiger partial charge in [0.15, 0.2) is 0 Å². The highest BCUT2D eigenvalue weighted by atomic mass is 16.3. The van der Waals surface area contributed by atoms with Crippen LogP contribution in [0.25, 0.3) is 0 Å². The molecule has 0 radical (unpaired) electrons. The third-order valence-electron chi connectivity index (χ3n) is 2.94. The molecule has 0 aliphatic heterocycles. The molecule has 0 atom stereocenters. The number of amides is 1. The number of phenols is 1. The van der Waals surface area contributed by atoms with E-state index in [0.29, 0.717) is 24.2 Å². The molecule has 19 heavy (non-hydrogen) atoms. The molecule has 0 spiro atoms. The second kappa shape index (κ2) is 5.56. The molecular formula is C14H17N3O2. The van der Waals surface area contributed by atoms with Gasteiger partial charge < -0.3 is 10.4 Å². The van der Waals surface area contributed by atoms with E-state index in [2.05, 4.69) is 10.4 Å². The molecule has 2 rings (SSSR count). The highest BCUT2D eigenvalue weighted by Gasteiger charge is 2.10. The van der Waals surface area contributed by atoms with Gasteiger partial charge >= 0.3 is 0 Å². The number of nitrogens with zero attached hydrogens (tertiary/aromatic N) is 2. The number of aromatic hydroxyl groups is 1. The van der Waals surface area contributed by atoms with Crippen LogP contribution in [0.15, 0.2) is 30.6 Å². The summed E-state index contributed by atoms with van der Waals surface area (Å²) in [5.41, 5.74) is 2.18. The van der Waals surface area contributed by atoms with Crippen molar-refractivity contribution in [1.82, 2.24) is 15.1 Å². The Morgan fingerprint density at radius 1 is 1.42 bits per heavy atom. The molecule has 0 fully saturated rings. The van der Waals surface area contributed by atoms with Gasteiger partial charge in [-0.1, -0.05) is 6.07 Å². The molecule has 5 nitrogen and oxygen atoms in total. The van der Waals surface area contributed by atoms with Crippen LogP contribution >= 0.6 is 0 Å². The molecule has 1 heterocycles. The van der Waals surface area contributed by atoms with Crippen LogP contribution in [-0.4, -0.2) is 27.3 Å². The van der Waals surface area contributed by atoms with Gasteiger partial charge in [0.2, 0.25) is 0 Å². The van der Waals surface area contributed by atoms with Crippen molar-refractivity contribution in [1.29, 1.82) is 0 Å². The van der Waals surface area contributed by atoms with E-state index >= 15 is 0 Å². The molecule has 1 aromatic heterocycles. The average Bonchev–Trinajstić information content (AvgIpc) is 2.78. The summed E-state index contributed by atoms with van der Waals surface area (Å²) in [6.07, 6.45) is 3.70. The lowest BCUT2D eigenvalue weighted by Gasteiger charge is -2.08. The van der Waals surface area contributed by atoms with Gasteiger partial charge in [-0.15, -0.1) is 0 Å². The van der Waals surface area contributed by atoms with Crippen LogP contribution in [-0.2, 0) is 6.54 Å². The predicted octanol–water partition coefficient (Wildman–Crippen LogP) is 1.64. The number of nitrogens with one attached hydrogen (secondary N) is 1. The summed E-state index contributed by atoms with van der Waals surface area (Å²) in [5.74, 6) is -0.0485. The maximum absolute atomic E-state index is 12.0. The zero-order valence-corrected chi connectivity index (χ0v) is 11.1. The molecule has 0 bridgehead atoms. The van der Waals surface area contributed by atoms with Crippen LogP contribution in [0.3, 0.4) is 0 Å². The van der Waals surface area contributed by atoms with E-state index in [1.54, 1.807) is 36.0 Å². The summed E-state index contributed by atoms with van der Waals surface area (Å²) >= 11 is 0. The molecule has 0 saturated heterocycles. The lowest BCUT2D eigenvalue weighted by Crippen LogP contribution is -2.27. The van der Waals surface area contributed by atoms with E-state index in [1.807, 2.05) is 13.1 Å². The van der Waals surface area contributed by atoms with Crippen molar-refractivity contribution >= 4 is 5.91 Å². The topological polar surface area (TPSA) is 67.2 Å². The summed E-state index contributed by atoms with van der Waals surface area (Å²) < 4.78 is 1.78. The van der Waals surface area contributed by atoms with E-state index in [9.17, 15) is 9.90 Å². The van der Waals surface area contributed by atoms with E-state index in [1.165, 1.54) is 0 Å². The van der Waals surface area contributed by atoms with E-state index in [4.69, 9.17) is 0 Å². The highest BCUT2D eigenvalue weighted by Crippen LogP contribution is 2.19. The Morgan fingerprint density at radius 3 is 2.89 bits per heavy atom. The van der Waals surface area contributed by atoms with E-state index in [-0.39, 0.29) is 11.7 Å². The van der Waals surface area contributed by atoms with Gasteiger partial charge in [0.25, 0.3) is 5.91 Å². The first kappa shape index (κ1) is 13.1. The first-order valence-electron chi connectivity index (χ1n) is 6.14. The Morgan fingerprint density at radius 2 is 2.21 bits per heavy atom. The Hall–Kier alpha value is -2.30. The summed E-state index contributed by atoms with van der Waals surface area (Å²) in [4.78, 5) is 12.0. The minimum absolute atomic E-state index is 0.135. The standard InChI is InChI=1S/C14H17N3O2/c1-10-8-16-17(9-10)7-6-15-14(19)12-4-3-5-13(18)11(12)2/h3-5,8-9,18H,6-7H2,1-2H3,(H,15,19). The first-order valence-corrected chi connectivity index (χ1v) is 6.14. The minimum atomic E-state index is -0.183. The number of carbonyl (C=O) groups excluding carboxylic acids is 1. The molecule has 0 aliphatic carbocycles. The molecule has 1 aromatic carbocycles. The maximum Gasteiger partial charge on any atom is 0.251 e. The Kier molecular flexibility index (Phi) is 3.85. The van der Waals surface area contributed by atoms with E-state index in [0.717, 1.165) is 5.56 Å². The molecule has 2 aromatic rings. The molecule has 0 unspecified atom stereocenters. The molecule has 0 aliphatic rings. The average molecular weight is 259 g/mol. The number of hydrogen-bond acceptors (Lipinski definition) is 3. The number of carbonyl (C=O) groups is 1. The largest absolute Gasteiger partial charge is 0.508 e.